The van der Waals surface area contributed by atoms with Gasteiger partial charge in [0.1, 0.15) is 0 Å². The molecule has 0 bridgehead atoms. The van der Waals surface area contributed by atoms with Gasteiger partial charge in [0.05, 0.1) is 11.0 Å². The topological polar surface area (TPSA) is 46.6 Å². The highest BCUT2D eigenvalue weighted by molar-refractivity contribution is 7.12. The van der Waals surface area contributed by atoms with Crippen molar-refractivity contribution in [2.45, 2.75) is 25.9 Å². The molecule has 4 nitrogen and oxygen atoms in total. The van der Waals surface area contributed by atoms with Crippen molar-refractivity contribution in [3.05, 3.63) is 46.2 Å². The van der Waals surface area contributed by atoms with Crippen molar-refractivity contribution in [3.8, 4) is 11.1 Å². The average molecular weight is 343 g/mol. The summed E-state index contributed by atoms with van der Waals surface area (Å²) in [6, 6.07) is 9.47. The minimum absolute atomic E-state index is 0.0420. The van der Waals surface area contributed by atoms with E-state index >= 15 is 0 Å². The maximum absolute atomic E-state index is 12.7. The van der Waals surface area contributed by atoms with Crippen LogP contribution in [0.1, 0.15) is 39.8 Å². The van der Waals surface area contributed by atoms with Gasteiger partial charge in [-0.1, -0.05) is 12.1 Å². The minimum atomic E-state index is 0.0420. The van der Waals surface area contributed by atoms with E-state index in [-0.39, 0.29) is 17.8 Å². The van der Waals surface area contributed by atoms with E-state index in [9.17, 15) is 9.59 Å². The Bertz CT molecular complexity index is 735. The molecule has 3 rings (SSSR count). The monoisotopic (exact) mass is 343 g/mol. The van der Waals surface area contributed by atoms with Crippen LogP contribution in [0.3, 0.4) is 0 Å². The van der Waals surface area contributed by atoms with Crippen molar-refractivity contribution >= 4 is 23.0 Å². The van der Waals surface area contributed by atoms with Crippen LogP contribution in [0.15, 0.2) is 35.7 Å². The Morgan fingerprint density at radius 2 is 1.96 bits per heavy atom. The van der Waals surface area contributed by atoms with Crippen molar-refractivity contribution in [2.75, 3.05) is 20.2 Å². The van der Waals surface area contributed by atoms with Gasteiger partial charge in [0.15, 0.2) is 5.78 Å². The summed E-state index contributed by atoms with van der Waals surface area (Å²) in [5.41, 5.74) is 2.57. The smallest absolute Gasteiger partial charge is 0.253 e. The number of carbonyl (C=O) groups is 2. The summed E-state index contributed by atoms with van der Waals surface area (Å²) in [5.74, 6) is 0.111. The van der Waals surface area contributed by atoms with E-state index in [0.29, 0.717) is 12.1 Å². The quantitative estimate of drug-likeness (QED) is 0.792. The predicted octanol–water partition coefficient (Wildman–Crippen LogP) is 3.87. The van der Waals surface area contributed by atoms with Gasteiger partial charge < -0.3 is 9.64 Å². The molecule has 1 amide bonds. The number of ether oxygens (including phenoxy) is 1. The maximum Gasteiger partial charge on any atom is 0.253 e. The van der Waals surface area contributed by atoms with E-state index in [2.05, 4.69) is 0 Å². The van der Waals surface area contributed by atoms with Crippen molar-refractivity contribution in [1.29, 1.82) is 0 Å². The predicted molar refractivity (Wildman–Crippen MR) is 95.7 cm³/mol. The molecule has 0 aliphatic carbocycles. The lowest BCUT2D eigenvalue weighted by Crippen LogP contribution is -2.42. The summed E-state index contributed by atoms with van der Waals surface area (Å²) in [5, 5.41) is 1.92. The first kappa shape index (κ1) is 16.9. The molecule has 0 N–H and O–H groups in total. The van der Waals surface area contributed by atoms with Gasteiger partial charge in [-0.2, -0.15) is 0 Å². The molecule has 1 saturated heterocycles. The zero-order chi connectivity index (χ0) is 17.1. The Labute approximate surface area is 146 Å². The molecule has 2 aromatic rings. The lowest BCUT2D eigenvalue weighted by Gasteiger charge is -2.32. The summed E-state index contributed by atoms with van der Waals surface area (Å²) < 4.78 is 5.39. The first-order chi connectivity index (χ1) is 11.6. The van der Waals surface area contributed by atoms with Crippen molar-refractivity contribution < 1.29 is 14.3 Å². The van der Waals surface area contributed by atoms with E-state index in [1.165, 1.54) is 11.3 Å². The average Bonchev–Trinajstić information content (AvgIpc) is 3.11. The molecule has 1 aliphatic heterocycles. The molecular weight excluding hydrogens is 322 g/mol. The highest BCUT2D eigenvalue weighted by atomic mass is 32.1. The van der Waals surface area contributed by atoms with Crippen LogP contribution in [0.25, 0.3) is 11.1 Å². The van der Waals surface area contributed by atoms with E-state index in [4.69, 9.17) is 4.74 Å². The largest absolute Gasteiger partial charge is 0.380 e. The number of piperidine rings is 1. The normalized spacial score (nSPS) is 17.8. The van der Waals surface area contributed by atoms with Gasteiger partial charge in [0.25, 0.3) is 5.91 Å². The number of thiophene rings is 1. The van der Waals surface area contributed by atoms with Crippen LogP contribution in [-0.4, -0.2) is 42.9 Å². The summed E-state index contributed by atoms with van der Waals surface area (Å²) in [4.78, 5) is 26.9. The maximum atomic E-state index is 12.7. The molecular formula is C19H21NO3S. The van der Waals surface area contributed by atoms with E-state index in [0.717, 1.165) is 35.4 Å². The Morgan fingerprint density at radius 3 is 2.62 bits per heavy atom. The number of benzene rings is 1. The second kappa shape index (κ2) is 7.28. The van der Waals surface area contributed by atoms with Crippen LogP contribution >= 0.6 is 11.3 Å². The number of carbonyl (C=O) groups excluding carboxylic acids is 2. The third kappa shape index (κ3) is 3.42. The molecule has 126 valence electrons. The molecule has 1 atom stereocenters. The Kier molecular flexibility index (Phi) is 5.11. The third-order valence-electron chi connectivity index (χ3n) is 4.43. The molecule has 1 aromatic heterocycles. The Balaban J connectivity index is 1.78. The first-order valence-corrected chi connectivity index (χ1v) is 8.99. The summed E-state index contributed by atoms with van der Waals surface area (Å²) in [7, 11) is 1.70. The summed E-state index contributed by atoms with van der Waals surface area (Å²) >= 11 is 1.45. The standard InChI is InChI=1S/C19H21NO3S/c1-13(21)18-17(9-11-24-18)14-5-7-15(8-6-14)19(22)20-10-3-4-16(12-20)23-2/h5-9,11,16H,3-4,10,12H2,1-2H3/t16-/m1/s1. The van der Waals surface area contributed by atoms with Crippen LogP contribution in [-0.2, 0) is 4.74 Å². The minimum Gasteiger partial charge on any atom is -0.380 e. The molecule has 0 radical (unpaired) electrons. The van der Waals surface area contributed by atoms with Crippen LogP contribution in [0.2, 0.25) is 0 Å². The lowest BCUT2D eigenvalue weighted by molar-refractivity contribution is 0.0269. The van der Waals surface area contributed by atoms with E-state index in [1.54, 1.807) is 14.0 Å². The van der Waals surface area contributed by atoms with Gasteiger partial charge in [-0.15, -0.1) is 11.3 Å². The Hall–Kier alpha value is -1.98. The SMILES string of the molecule is CO[C@@H]1CCCN(C(=O)c2ccc(-c3ccsc3C(C)=O)cc2)C1. The summed E-state index contributed by atoms with van der Waals surface area (Å²) in [6.45, 7) is 3.01. The molecule has 1 aliphatic rings. The lowest BCUT2D eigenvalue weighted by atomic mass is 10.0. The van der Waals surface area contributed by atoms with Crippen LogP contribution in [0, 0.1) is 0 Å². The number of Topliss-reactive ketones (excluding diaryl/α,β-unsaturated/α-hetero) is 1. The molecule has 24 heavy (non-hydrogen) atoms. The third-order valence-corrected chi connectivity index (χ3v) is 5.44. The fourth-order valence-corrected chi connectivity index (χ4v) is 3.92. The number of nitrogens with zero attached hydrogens (tertiary/aromatic N) is 1. The van der Waals surface area contributed by atoms with E-state index < -0.39 is 0 Å². The number of amides is 1. The van der Waals surface area contributed by atoms with Crippen molar-refractivity contribution in [3.63, 3.8) is 0 Å². The van der Waals surface area contributed by atoms with Gasteiger partial charge in [-0.3, -0.25) is 9.59 Å². The van der Waals surface area contributed by atoms with Gasteiger partial charge in [-0.05, 0) is 48.9 Å². The zero-order valence-electron chi connectivity index (χ0n) is 14.0. The fraction of sp³-hybridized carbons (Fsp3) is 0.368. The van der Waals surface area contributed by atoms with Gasteiger partial charge in [-0.25, -0.2) is 0 Å². The number of likely N-dealkylation sites (tertiary alicyclic amines) is 1. The molecule has 0 spiro atoms. The number of hydrogen-bond acceptors (Lipinski definition) is 4. The van der Waals surface area contributed by atoms with Gasteiger partial charge in [0, 0.05) is 31.3 Å². The highest BCUT2D eigenvalue weighted by Crippen LogP contribution is 2.29. The van der Waals surface area contributed by atoms with Crippen molar-refractivity contribution in [1.82, 2.24) is 4.90 Å². The highest BCUT2D eigenvalue weighted by Gasteiger charge is 2.24. The second-order valence-electron chi connectivity index (χ2n) is 6.05. The number of methoxy groups -OCH3 is 1. The molecule has 0 unspecified atom stereocenters. The fourth-order valence-electron chi connectivity index (χ4n) is 3.10. The number of ketones is 1. The van der Waals surface area contributed by atoms with Crippen LogP contribution in [0.5, 0.6) is 0 Å². The zero-order valence-corrected chi connectivity index (χ0v) is 14.8. The Morgan fingerprint density at radius 1 is 1.21 bits per heavy atom. The van der Waals surface area contributed by atoms with Crippen LogP contribution < -0.4 is 0 Å². The van der Waals surface area contributed by atoms with Crippen molar-refractivity contribution in [2.24, 2.45) is 0 Å². The molecule has 1 aromatic carbocycles. The molecule has 5 heteroatoms. The molecule has 1 fully saturated rings. The molecule has 2 heterocycles. The second-order valence-corrected chi connectivity index (χ2v) is 6.96. The molecule has 0 saturated carbocycles. The van der Waals surface area contributed by atoms with Gasteiger partial charge >= 0.3 is 0 Å². The van der Waals surface area contributed by atoms with E-state index in [1.807, 2.05) is 40.6 Å². The number of hydrogen-bond donors (Lipinski definition) is 0. The van der Waals surface area contributed by atoms with Crippen LogP contribution in [0.4, 0.5) is 0 Å². The van der Waals surface area contributed by atoms with Gasteiger partial charge in [0.2, 0.25) is 0 Å². The summed E-state index contributed by atoms with van der Waals surface area (Å²) in [6.07, 6.45) is 2.11. The first-order valence-electron chi connectivity index (χ1n) is 8.11. The number of rotatable bonds is 4.